The van der Waals surface area contributed by atoms with Crippen molar-refractivity contribution in [3.05, 3.63) is 29.3 Å². The van der Waals surface area contributed by atoms with E-state index in [1.165, 1.54) is 16.8 Å². The molecule has 0 unspecified atom stereocenters. The normalized spacial score (nSPS) is 14.1. The van der Waals surface area contributed by atoms with E-state index in [1.807, 2.05) is 0 Å². The Bertz CT molecular complexity index is 442. The van der Waals surface area contributed by atoms with Crippen LogP contribution in [0.15, 0.2) is 18.2 Å². The molecular weight excluding hydrogens is 236 g/mol. The average molecular weight is 260 g/mol. The number of aryl methyl sites for hydroxylation is 2. The minimum absolute atomic E-state index is 0.141. The van der Waals surface area contributed by atoms with Crippen molar-refractivity contribution in [3.63, 3.8) is 0 Å². The summed E-state index contributed by atoms with van der Waals surface area (Å²) in [5, 5.41) is 2.99. The molecule has 0 spiro atoms. The van der Waals surface area contributed by atoms with Crippen LogP contribution in [-0.4, -0.2) is 25.5 Å². The van der Waals surface area contributed by atoms with Crippen LogP contribution in [0.5, 0.6) is 0 Å². The van der Waals surface area contributed by atoms with E-state index in [-0.39, 0.29) is 5.91 Å². The van der Waals surface area contributed by atoms with Crippen molar-refractivity contribution in [2.75, 3.05) is 24.5 Å². The standard InChI is InChI=1S/C16H24N2O/c1-3-4-9-17-16(19)12-18-10-5-6-14-11-13(2)7-8-15(14)18/h7-8,11H,3-6,9-10,12H2,1-2H3,(H,17,19). The van der Waals surface area contributed by atoms with Crippen LogP contribution in [0, 0.1) is 6.92 Å². The maximum atomic E-state index is 11.9. The summed E-state index contributed by atoms with van der Waals surface area (Å²) in [6, 6.07) is 6.53. The highest BCUT2D eigenvalue weighted by atomic mass is 16.2. The number of unbranched alkanes of at least 4 members (excludes halogenated alkanes) is 1. The Hall–Kier alpha value is -1.51. The van der Waals surface area contributed by atoms with Gasteiger partial charge in [0.25, 0.3) is 0 Å². The lowest BCUT2D eigenvalue weighted by atomic mass is 9.99. The third-order valence-corrected chi connectivity index (χ3v) is 3.64. The van der Waals surface area contributed by atoms with Gasteiger partial charge in [-0.25, -0.2) is 0 Å². The van der Waals surface area contributed by atoms with Gasteiger partial charge in [-0.2, -0.15) is 0 Å². The van der Waals surface area contributed by atoms with Crippen molar-refractivity contribution in [1.29, 1.82) is 0 Å². The summed E-state index contributed by atoms with van der Waals surface area (Å²) in [4.78, 5) is 14.1. The molecule has 1 aromatic carbocycles. The van der Waals surface area contributed by atoms with Gasteiger partial charge in [0.1, 0.15) is 0 Å². The van der Waals surface area contributed by atoms with E-state index >= 15 is 0 Å². The second kappa shape index (κ2) is 6.60. The zero-order valence-corrected chi connectivity index (χ0v) is 12.0. The number of amides is 1. The lowest BCUT2D eigenvalue weighted by Crippen LogP contribution is -2.40. The monoisotopic (exact) mass is 260 g/mol. The number of fused-ring (bicyclic) bond motifs is 1. The van der Waals surface area contributed by atoms with Crippen LogP contribution in [0.25, 0.3) is 0 Å². The van der Waals surface area contributed by atoms with Gasteiger partial charge >= 0.3 is 0 Å². The Morgan fingerprint density at radius 1 is 1.42 bits per heavy atom. The summed E-state index contributed by atoms with van der Waals surface area (Å²) in [6.07, 6.45) is 4.44. The van der Waals surface area contributed by atoms with Gasteiger partial charge in [-0.05, 0) is 37.8 Å². The zero-order valence-electron chi connectivity index (χ0n) is 12.0. The molecule has 1 aromatic rings. The molecule has 1 aliphatic rings. The zero-order chi connectivity index (χ0) is 13.7. The molecule has 1 heterocycles. The minimum Gasteiger partial charge on any atom is -0.362 e. The number of nitrogens with one attached hydrogen (secondary N) is 1. The fraction of sp³-hybridized carbons (Fsp3) is 0.562. The Labute approximate surface area is 116 Å². The maximum absolute atomic E-state index is 11.9. The Morgan fingerprint density at radius 2 is 2.26 bits per heavy atom. The van der Waals surface area contributed by atoms with Gasteiger partial charge in [-0.3, -0.25) is 4.79 Å². The van der Waals surface area contributed by atoms with Crippen LogP contribution in [-0.2, 0) is 11.2 Å². The third kappa shape index (κ3) is 3.72. The van der Waals surface area contributed by atoms with E-state index in [4.69, 9.17) is 0 Å². The molecule has 3 heteroatoms. The van der Waals surface area contributed by atoms with Crippen LogP contribution < -0.4 is 10.2 Å². The molecule has 0 saturated carbocycles. The number of carbonyl (C=O) groups excluding carboxylic acids is 1. The summed E-state index contributed by atoms with van der Waals surface area (Å²) >= 11 is 0. The molecule has 0 radical (unpaired) electrons. The van der Waals surface area contributed by atoms with Crippen molar-refractivity contribution < 1.29 is 4.79 Å². The lowest BCUT2D eigenvalue weighted by molar-refractivity contribution is -0.119. The van der Waals surface area contributed by atoms with Gasteiger partial charge in [0, 0.05) is 18.8 Å². The summed E-state index contributed by atoms with van der Waals surface area (Å²) in [7, 11) is 0. The van der Waals surface area contributed by atoms with Crippen molar-refractivity contribution in [2.45, 2.75) is 39.5 Å². The molecule has 0 bridgehead atoms. The fourth-order valence-electron chi connectivity index (χ4n) is 2.60. The molecule has 0 atom stereocenters. The molecule has 0 aliphatic carbocycles. The van der Waals surface area contributed by atoms with Gasteiger partial charge in [0.15, 0.2) is 0 Å². The Kier molecular flexibility index (Phi) is 4.83. The lowest BCUT2D eigenvalue weighted by Gasteiger charge is -2.31. The summed E-state index contributed by atoms with van der Waals surface area (Å²) < 4.78 is 0. The highest BCUT2D eigenvalue weighted by molar-refractivity contribution is 5.81. The van der Waals surface area contributed by atoms with E-state index in [2.05, 4.69) is 42.3 Å². The first-order valence-electron chi connectivity index (χ1n) is 7.32. The van der Waals surface area contributed by atoms with Gasteiger partial charge in [0.2, 0.25) is 5.91 Å². The molecule has 2 rings (SSSR count). The molecule has 0 fully saturated rings. The molecule has 19 heavy (non-hydrogen) atoms. The Balaban J connectivity index is 1.97. The second-order valence-electron chi connectivity index (χ2n) is 5.36. The first-order chi connectivity index (χ1) is 9.20. The highest BCUT2D eigenvalue weighted by Crippen LogP contribution is 2.27. The van der Waals surface area contributed by atoms with Gasteiger partial charge < -0.3 is 10.2 Å². The van der Waals surface area contributed by atoms with Crippen LogP contribution in [0.4, 0.5) is 5.69 Å². The largest absolute Gasteiger partial charge is 0.362 e. The molecule has 0 aromatic heterocycles. The predicted octanol–water partition coefficient (Wildman–Crippen LogP) is 2.66. The van der Waals surface area contributed by atoms with Crippen molar-refractivity contribution >= 4 is 11.6 Å². The summed E-state index contributed by atoms with van der Waals surface area (Å²) in [5.74, 6) is 0.141. The number of carbonyl (C=O) groups is 1. The smallest absolute Gasteiger partial charge is 0.239 e. The first-order valence-corrected chi connectivity index (χ1v) is 7.32. The summed E-state index contributed by atoms with van der Waals surface area (Å²) in [5.41, 5.74) is 3.92. The van der Waals surface area contributed by atoms with Crippen molar-refractivity contribution in [1.82, 2.24) is 5.32 Å². The molecule has 104 valence electrons. The van der Waals surface area contributed by atoms with Gasteiger partial charge in [0.05, 0.1) is 6.54 Å². The number of anilines is 1. The molecular formula is C16H24N2O. The number of hydrogen-bond donors (Lipinski definition) is 1. The number of nitrogens with zero attached hydrogens (tertiary/aromatic N) is 1. The average Bonchev–Trinajstić information content (AvgIpc) is 2.39. The van der Waals surface area contributed by atoms with E-state index in [1.54, 1.807) is 0 Å². The van der Waals surface area contributed by atoms with Crippen LogP contribution >= 0.6 is 0 Å². The minimum atomic E-state index is 0.141. The third-order valence-electron chi connectivity index (χ3n) is 3.64. The highest BCUT2D eigenvalue weighted by Gasteiger charge is 2.18. The molecule has 1 aliphatic heterocycles. The van der Waals surface area contributed by atoms with E-state index in [9.17, 15) is 4.79 Å². The fourth-order valence-corrected chi connectivity index (χ4v) is 2.60. The van der Waals surface area contributed by atoms with Crippen molar-refractivity contribution in [2.24, 2.45) is 0 Å². The van der Waals surface area contributed by atoms with Crippen molar-refractivity contribution in [3.8, 4) is 0 Å². The molecule has 0 saturated heterocycles. The number of rotatable bonds is 5. The SMILES string of the molecule is CCCCNC(=O)CN1CCCc2cc(C)ccc21. The van der Waals surface area contributed by atoms with Crippen LogP contribution in [0.1, 0.15) is 37.3 Å². The van der Waals surface area contributed by atoms with E-state index in [0.29, 0.717) is 6.54 Å². The van der Waals surface area contributed by atoms with E-state index in [0.717, 1.165) is 38.8 Å². The Morgan fingerprint density at radius 3 is 3.05 bits per heavy atom. The van der Waals surface area contributed by atoms with Gasteiger partial charge in [-0.15, -0.1) is 0 Å². The summed E-state index contributed by atoms with van der Waals surface area (Å²) in [6.45, 7) is 6.52. The number of hydrogen-bond acceptors (Lipinski definition) is 2. The van der Waals surface area contributed by atoms with E-state index < -0.39 is 0 Å². The van der Waals surface area contributed by atoms with Crippen LogP contribution in [0.3, 0.4) is 0 Å². The quantitative estimate of drug-likeness (QED) is 0.826. The topological polar surface area (TPSA) is 32.3 Å². The molecule has 1 N–H and O–H groups in total. The predicted molar refractivity (Wildman–Crippen MR) is 79.6 cm³/mol. The van der Waals surface area contributed by atoms with Gasteiger partial charge in [-0.1, -0.05) is 31.0 Å². The molecule has 3 nitrogen and oxygen atoms in total. The second-order valence-corrected chi connectivity index (χ2v) is 5.36. The first kappa shape index (κ1) is 13.9. The maximum Gasteiger partial charge on any atom is 0.239 e. The molecule has 1 amide bonds. The van der Waals surface area contributed by atoms with Crippen LogP contribution in [0.2, 0.25) is 0 Å². The number of benzene rings is 1.